The second kappa shape index (κ2) is 7.89. The molecule has 1 aromatic carbocycles. The molecule has 2 aromatic heterocycles. The number of hydrogen-bond acceptors (Lipinski definition) is 6. The summed E-state index contributed by atoms with van der Waals surface area (Å²) in [5.74, 6) is 0.628. The number of amides is 1. The molecule has 1 amide bonds. The number of anilines is 2. The van der Waals surface area contributed by atoms with Crippen molar-refractivity contribution in [1.82, 2.24) is 25.0 Å². The van der Waals surface area contributed by atoms with Gasteiger partial charge in [0.05, 0.1) is 5.02 Å². The van der Waals surface area contributed by atoms with E-state index in [1.807, 2.05) is 12.1 Å². The molecule has 0 saturated carbocycles. The van der Waals surface area contributed by atoms with Crippen LogP contribution in [0.5, 0.6) is 0 Å². The van der Waals surface area contributed by atoms with E-state index in [4.69, 9.17) is 11.6 Å². The summed E-state index contributed by atoms with van der Waals surface area (Å²) in [7, 11) is 0. The first-order valence-electron chi connectivity index (χ1n) is 8.80. The molecule has 0 atom stereocenters. The number of nitrogens with one attached hydrogen (secondary N) is 1. The quantitative estimate of drug-likeness (QED) is 0.723. The molecular weight excluding hydrogens is 385 g/mol. The zero-order valence-electron chi connectivity index (χ0n) is 14.8. The van der Waals surface area contributed by atoms with Crippen LogP contribution in [-0.2, 0) is 4.79 Å². The van der Waals surface area contributed by atoms with Gasteiger partial charge in [-0.2, -0.15) is 5.10 Å². The van der Waals surface area contributed by atoms with Crippen molar-refractivity contribution in [3.8, 4) is 5.82 Å². The molecule has 8 nitrogen and oxygen atoms in total. The Morgan fingerprint density at radius 1 is 1.14 bits per heavy atom. The number of benzene rings is 1. The fourth-order valence-electron chi connectivity index (χ4n) is 3.12. The van der Waals surface area contributed by atoms with E-state index in [0.717, 1.165) is 5.82 Å². The summed E-state index contributed by atoms with van der Waals surface area (Å²) < 4.78 is 14.8. The second-order valence-electron chi connectivity index (χ2n) is 6.47. The number of carbonyl (C=O) groups is 1. The van der Waals surface area contributed by atoms with Crippen LogP contribution < -0.4 is 10.2 Å². The average Bonchev–Trinajstić information content (AvgIpc) is 3.26. The number of rotatable bonds is 4. The highest BCUT2D eigenvalue weighted by Crippen LogP contribution is 2.24. The monoisotopic (exact) mass is 401 g/mol. The van der Waals surface area contributed by atoms with Gasteiger partial charge in [-0.05, 0) is 43.2 Å². The van der Waals surface area contributed by atoms with E-state index in [1.54, 1.807) is 6.33 Å². The van der Waals surface area contributed by atoms with Crippen LogP contribution in [0.15, 0.2) is 43.0 Å². The summed E-state index contributed by atoms with van der Waals surface area (Å²) in [6.45, 7) is 1.39. The molecule has 3 aromatic rings. The van der Waals surface area contributed by atoms with E-state index in [1.165, 1.54) is 29.2 Å². The van der Waals surface area contributed by atoms with Gasteiger partial charge in [0, 0.05) is 24.7 Å². The highest BCUT2D eigenvalue weighted by atomic mass is 35.5. The first kappa shape index (κ1) is 18.3. The molecule has 1 fully saturated rings. The van der Waals surface area contributed by atoms with Crippen LogP contribution in [0.25, 0.3) is 5.82 Å². The minimum Gasteiger partial charge on any atom is -0.355 e. The summed E-state index contributed by atoms with van der Waals surface area (Å²) in [6, 6.07) is 7.86. The third-order valence-electron chi connectivity index (χ3n) is 4.67. The fraction of sp³-hybridized carbons (Fsp3) is 0.278. The van der Waals surface area contributed by atoms with Crippen LogP contribution in [0, 0.1) is 11.7 Å². The summed E-state index contributed by atoms with van der Waals surface area (Å²) in [4.78, 5) is 18.5. The molecule has 1 N–H and O–H groups in total. The van der Waals surface area contributed by atoms with Crippen molar-refractivity contribution in [3.63, 3.8) is 0 Å². The van der Waals surface area contributed by atoms with Crippen molar-refractivity contribution in [3.05, 3.63) is 53.8 Å². The van der Waals surface area contributed by atoms with Gasteiger partial charge in [-0.15, -0.1) is 10.2 Å². The molecule has 4 rings (SSSR count). The number of halogens is 2. The Labute approximate surface area is 165 Å². The Kier molecular flexibility index (Phi) is 5.16. The summed E-state index contributed by atoms with van der Waals surface area (Å²) in [5, 5.41) is 15.2. The predicted octanol–water partition coefficient (Wildman–Crippen LogP) is 2.70. The van der Waals surface area contributed by atoms with Crippen LogP contribution in [0.4, 0.5) is 15.9 Å². The van der Waals surface area contributed by atoms with Gasteiger partial charge in [-0.25, -0.2) is 14.1 Å². The molecule has 0 spiro atoms. The topological polar surface area (TPSA) is 88.8 Å². The molecule has 0 bridgehead atoms. The lowest BCUT2D eigenvalue weighted by molar-refractivity contribution is -0.120. The number of piperidine rings is 1. The number of aromatic nitrogens is 5. The van der Waals surface area contributed by atoms with Crippen LogP contribution in [0.3, 0.4) is 0 Å². The maximum Gasteiger partial charge on any atom is 0.227 e. The average molecular weight is 402 g/mol. The maximum atomic E-state index is 13.2. The van der Waals surface area contributed by atoms with E-state index >= 15 is 0 Å². The van der Waals surface area contributed by atoms with E-state index in [-0.39, 0.29) is 16.8 Å². The maximum absolute atomic E-state index is 13.2. The molecule has 1 saturated heterocycles. The molecule has 3 heterocycles. The van der Waals surface area contributed by atoms with Gasteiger partial charge < -0.3 is 10.2 Å². The van der Waals surface area contributed by atoms with Crippen LogP contribution in [-0.4, -0.2) is 44.0 Å². The van der Waals surface area contributed by atoms with Gasteiger partial charge in [0.25, 0.3) is 0 Å². The molecule has 0 aliphatic carbocycles. The van der Waals surface area contributed by atoms with Gasteiger partial charge in [0.15, 0.2) is 11.6 Å². The lowest BCUT2D eigenvalue weighted by Gasteiger charge is -2.31. The minimum atomic E-state index is -0.510. The van der Waals surface area contributed by atoms with E-state index in [9.17, 15) is 9.18 Å². The van der Waals surface area contributed by atoms with Crippen LogP contribution in [0.2, 0.25) is 5.02 Å². The van der Waals surface area contributed by atoms with E-state index < -0.39 is 5.82 Å². The first-order valence-corrected chi connectivity index (χ1v) is 9.17. The summed E-state index contributed by atoms with van der Waals surface area (Å²) in [6.07, 6.45) is 4.37. The van der Waals surface area contributed by atoms with Crippen molar-refractivity contribution in [2.45, 2.75) is 12.8 Å². The predicted molar refractivity (Wildman–Crippen MR) is 102 cm³/mol. The molecule has 1 aliphatic rings. The van der Waals surface area contributed by atoms with Gasteiger partial charge in [-0.1, -0.05) is 11.6 Å². The van der Waals surface area contributed by atoms with Crippen molar-refractivity contribution in [2.75, 3.05) is 23.3 Å². The fourth-order valence-corrected chi connectivity index (χ4v) is 3.31. The zero-order valence-corrected chi connectivity index (χ0v) is 15.6. The van der Waals surface area contributed by atoms with E-state index in [2.05, 4.69) is 30.5 Å². The van der Waals surface area contributed by atoms with Gasteiger partial charge >= 0.3 is 0 Å². The summed E-state index contributed by atoms with van der Waals surface area (Å²) >= 11 is 5.76. The van der Waals surface area contributed by atoms with Crippen LogP contribution >= 0.6 is 11.6 Å². The molecule has 1 aliphatic heterocycles. The Bertz CT molecular complexity index is 957. The SMILES string of the molecule is O=C(Nc1ccc(F)c(Cl)c1)C1CCN(c2ccc(-n3cncn3)nn2)CC1. The second-order valence-corrected chi connectivity index (χ2v) is 6.88. The molecule has 0 unspecified atom stereocenters. The Balaban J connectivity index is 1.33. The number of hydrogen-bond donors (Lipinski definition) is 1. The van der Waals surface area contributed by atoms with Crippen molar-refractivity contribution in [1.29, 1.82) is 0 Å². The lowest BCUT2D eigenvalue weighted by Crippen LogP contribution is -2.38. The molecule has 144 valence electrons. The zero-order chi connectivity index (χ0) is 19.5. The normalized spacial score (nSPS) is 14.9. The van der Waals surface area contributed by atoms with Crippen molar-refractivity contribution in [2.24, 2.45) is 5.92 Å². The Morgan fingerprint density at radius 3 is 2.54 bits per heavy atom. The first-order chi connectivity index (χ1) is 13.6. The highest BCUT2D eigenvalue weighted by molar-refractivity contribution is 6.31. The molecular formula is C18H17ClFN7O. The summed E-state index contributed by atoms with van der Waals surface area (Å²) in [5.41, 5.74) is 0.494. The van der Waals surface area contributed by atoms with E-state index in [0.29, 0.717) is 37.4 Å². The third-order valence-corrected chi connectivity index (χ3v) is 4.96. The smallest absolute Gasteiger partial charge is 0.227 e. The van der Waals surface area contributed by atoms with Gasteiger partial charge in [0.1, 0.15) is 18.5 Å². The molecule has 10 heteroatoms. The highest BCUT2D eigenvalue weighted by Gasteiger charge is 2.26. The molecule has 28 heavy (non-hydrogen) atoms. The lowest BCUT2D eigenvalue weighted by atomic mass is 9.96. The van der Waals surface area contributed by atoms with Gasteiger partial charge in [-0.3, -0.25) is 4.79 Å². The minimum absolute atomic E-state index is 0.0134. The molecule has 0 radical (unpaired) electrons. The third kappa shape index (κ3) is 3.94. The Morgan fingerprint density at radius 2 is 1.89 bits per heavy atom. The standard InChI is InChI=1S/C18H17ClFN7O/c19-14-9-13(1-2-15(14)20)23-18(28)12-5-7-26(8-6-12)16-3-4-17(25-24-16)27-11-21-10-22-27/h1-4,9-12H,5-8H2,(H,23,28). The van der Waals surface area contributed by atoms with Crippen LogP contribution in [0.1, 0.15) is 12.8 Å². The van der Waals surface area contributed by atoms with Crippen molar-refractivity contribution < 1.29 is 9.18 Å². The van der Waals surface area contributed by atoms with Crippen molar-refractivity contribution >= 4 is 29.0 Å². The Hall–Kier alpha value is -3.07. The number of nitrogens with zero attached hydrogens (tertiary/aromatic N) is 6. The number of carbonyl (C=O) groups excluding carboxylic acids is 1. The largest absolute Gasteiger partial charge is 0.355 e. The van der Waals surface area contributed by atoms with Gasteiger partial charge in [0.2, 0.25) is 5.91 Å².